The van der Waals surface area contributed by atoms with E-state index in [0.29, 0.717) is 23.5 Å². The van der Waals surface area contributed by atoms with Crippen LogP contribution in [0.1, 0.15) is 16.7 Å². The molecule has 0 saturated heterocycles. The third kappa shape index (κ3) is 2.88. The van der Waals surface area contributed by atoms with Gasteiger partial charge in [0.15, 0.2) is 0 Å². The minimum atomic E-state index is 0.543. The highest BCUT2D eigenvalue weighted by Crippen LogP contribution is 2.17. The van der Waals surface area contributed by atoms with Crippen molar-refractivity contribution in [2.45, 2.75) is 6.54 Å². The number of benzene rings is 1. The van der Waals surface area contributed by atoms with Crippen molar-refractivity contribution in [3.8, 4) is 12.1 Å². The minimum Gasteiger partial charge on any atom is -0.354 e. The Kier molecular flexibility index (Phi) is 3.75. The molecule has 0 atom stereocenters. The molecule has 1 aromatic carbocycles. The minimum absolute atomic E-state index is 0.543. The van der Waals surface area contributed by atoms with Crippen molar-refractivity contribution in [1.29, 1.82) is 10.5 Å². The summed E-state index contributed by atoms with van der Waals surface area (Å²) >= 11 is 0. The fourth-order valence-corrected chi connectivity index (χ4v) is 1.88. The zero-order valence-electron chi connectivity index (χ0n) is 10.5. The molecule has 0 fully saturated rings. The molecule has 0 aliphatic carbocycles. The van der Waals surface area contributed by atoms with E-state index in [9.17, 15) is 0 Å². The summed E-state index contributed by atoms with van der Waals surface area (Å²) < 4.78 is 0. The molecule has 92 valence electrons. The number of anilines is 1. The van der Waals surface area contributed by atoms with Gasteiger partial charge in [-0.3, -0.25) is 0 Å². The lowest BCUT2D eigenvalue weighted by molar-refractivity contribution is 0.894. The number of nitriles is 2. The van der Waals surface area contributed by atoms with Gasteiger partial charge in [-0.05, 0) is 29.8 Å². The molecule has 2 aromatic rings. The zero-order chi connectivity index (χ0) is 13.7. The first kappa shape index (κ1) is 12.6. The highest BCUT2D eigenvalue weighted by Gasteiger charge is 2.08. The van der Waals surface area contributed by atoms with E-state index < -0.39 is 0 Å². The molecule has 0 bridgehead atoms. The number of aromatic nitrogens is 1. The van der Waals surface area contributed by atoms with Crippen LogP contribution in [0.5, 0.6) is 0 Å². The average Bonchev–Trinajstić information content (AvgIpc) is 2.47. The third-order valence-electron chi connectivity index (χ3n) is 2.74. The van der Waals surface area contributed by atoms with Crippen LogP contribution < -0.4 is 4.90 Å². The molecule has 0 spiro atoms. The summed E-state index contributed by atoms with van der Waals surface area (Å²) in [5, 5.41) is 17.9. The van der Waals surface area contributed by atoms with Crippen molar-refractivity contribution in [1.82, 2.24) is 4.98 Å². The summed E-state index contributed by atoms with van der Waals surface area (Å²) in [4.78, 5) is 6.12. The van der Waals surface area contributed by atoms with Gasteiger partial charge >= 0.3 is 0 Å². The SMILES string of the molecule is CN(Cc1cccc(C#N)c1)c1ncccc1C#N. The van der Waals surface area contributed by atoms with Crippen molar-refractivity contribution < 1.29 is 0 Å². The number of rotatable bonds is 3. The molecule has 0 amide bonds. The summed E-state index contributed by atoms with van der Waals surface area (Å²) in [5.74, 6) is 0.646. The second-order valence-corrected chi connectivity index (χ2v) is 4.15. The molecule has 0 aliphatic rings. The monoisotopic (exact) mass is 248 g/mol. The summed E-state index contributed by atoms with van der Waals surface area (Å²) in [5.41, 5.74) is 2.19. The van der Waals surface area contributed by atoms with E-state index in [1.807, 2.05) is 30.1 Å². The molecule has 1 heterocycles. The second kappa shape index (κ2) is 5.66. The van der Waals surface area contributed by atoms with Gasteiger partial charge in [-0.15, -0.1) is 0 Å². The lowest BCUT2D eigenvalue weighted by Gasteiger charge is -2.19. The van der Waals surface area contributed by atoms with Crippen LogP contribution in [0.2, 0.25) is 0 Å². The largest absolute Gasteiger partial charge is 0.354 e. The van der Waals surface area contributed by atoms with Crippen LogP contribution in [-0.2, 0) is 6.54 Å². The average molecular weight is 248 g/mol. The highest BCUT2D eigenvalue weighted by atomic mass is 15.2. The van der Waals surface area contributed by atoms with Gasteiger partial charge in [0.1, 0.15) is 11.9 Å². The summed E-state index contributed by atoms with van der Waals surface area (Å²) in [6.07, 6.45) is 1.67. The van der Waals surface area contributed by atoms with Gasteiger partial charge in [0.2, 0.25) is 0 Å². The van der Waals surface area contributed by atoms with Gasteiger partial charge in [0.05, 0.1) is 17.2 Å². The topological polar surface area (TPSA) is 63.7 Å². The fourth-order valence-electron chi connectivity index (χ4n) is 1.88. The van der Waals surface area contributed by atoms with Gasteiger partial charge in [-0.1, -0.05) is 12.1 Å². The molecule has 0 saturated carbocycles. The van der Waals surface area contributed by atoms with Crippen molar-refractivity contribution in [3.05, 3.63) is 59.3 Å². The number of nitrogens with zero attached hydrogens (tertiary/aromatic N) is 4. The lowest BCUT2D eigenvalue weighted by Crippen LogP contribution is -2.18. The molecule has 4 nitrogen and oxygen atoms in total. The highest BCUT2D eigenvalue weighted by molar-refractivity contribution is 5.53. The van der Waals surface area contributed by atoms with E-state index in [0.717, 1.165) is 5.56 Å². The van der Waals surface area contributed by atoms with Crippen LogP contribution in [0, 0.1) is 22.7 Å². The molecule has 0 unspecified atom stereocenters. The molecule has 0 N–H and O–H groups in total. The Bertz CT molecular complexity index is 664. The summed E-state index contributed by atoms with van der Waals surface area (Å²) in [6, 6.07) is 15.1. The molecular formula is C15H12N4. The maximum Gasteiger partial charge on any atom is 0.146 e. The van der Waals surface area contributed by atoms with Gasteiger partial charge in [-0.25, -0.2) is 4.98 Å². The molecule has 19 heavy (non-hydrogen) atoms. The summed E-state index contributed by atoms with van der Waals surface area (Å²) in [7, 11) is 1.88. The fraction of sp³-hybridized carbons (Fsp3) is 0.133. The van der Waals surface area contributed by atoms with Crippen molar-refractivity contribution >= 4 is 5.82 Å². The van der Waals surface area contributed by atoms with E-state index >= 15 is 0 Å². The van der Waals surface area contributed by atoms with Gasteiger partial charge in [-0.2, -0.15) is 10.5 Å². The van der Waals surface area contributed by atoms with Crippen LogP contribution >= 0.6 is 0 Å². The first-order chi connectivity index (χ1) is 9.24. The van der Waals surface area contributed by atoms with Crippen LogP contribution in [0.3, 0.4) is 0 Å². The molecule has 4 heteroatoms. The number of hydrogen-bond acceptors (Lipinski definition) is 4. The Balaban J connectivity index is 2.24. The Morgan fingerprint density at radius 1 is 1.16 bits per heavy atom. The van der Waals surface area contributed by atoms with Crippen molar-refractivity contribution in [2.75, 3.05) is 11.9 Å². The van der Waals surface area contributed by atoms with Gasteiger partial charge in [0.25, 0.3) is 0 Å². The molecule has 0 radical (unpaired) electrons. The Morgan fingerprint density at radius 3 is 2.74 bits per heavy atom. The maximum absolute atomic E-state index is 9.06. The first-order valence-electron chi connectivity index (χ1n) is 5.80. The maximum atomic E-state index is 9.06. The van der Waals surface area contributed by atoms with Crippen molar-refractivity contribution in [2.24, 2.45) is 0 Å². The number of hydrogen-bond donors (Lipinski definition) is 0. The Hall–Kier alpha value is -2.85. The smallest absolute Gasteiger partial charge is 0.146 e. The first-order valence-corrected chi connectivity index (χ1v) is 5.80. The van der Waals surface area contributed by atoms with Crippen LogP contribution in [0.25, 0.3) is 0 Å². The van der Waals surface area contributed by atoms with E-state index in [1.54, 1.807) is 24.4 Å². The van der Waals surface area contributed by atoms with E-state index in [1.165, 1.54) is 0 Å². The van der Waals surface area contributed by atoms with Crippen LogP contribution in [-0.4, -0.2) is 12.0 Å². The molecular weight excluding hydrogens is 236 g/mol. The quantitative estimate of drug-likeness (QED) is 0.837. The normalized spacial score (nSPS) is 9.42. The van der Waals surface area contributed by atoms with Gasteiger partial charge in [0, 0.05) is 19.8 Å². The standard InChI is InChI=1S/C15H12N4/c1-19(15-14(10-17)6-3-7-18-15)11-13-5-2-4-12(8-13)9-16/h2-8H,11H2,1H3. The van der Waals surface area contributed by atoms with E-state index in [4.69, 9.17) is 10.5 Å². The summed E-state index contributed by atoms with van der Waals surface area (Å²) in [6.45, 7) is 0.598. The van der Waals surface area contributed by atoms with Crippen LogP contribution in [0.4, 0.5) is 5.82 Å². The molecule has 2 rings (SSSR count). The zero-order valence-corrected chi connectivity index (χ0v) is 10.5. The van der Waals surface area contributed by atoms with E-state index in [-0.39, 0.29) is 0 Å². The Labute approximate surface area is 112 Å². The lowest BCUT2D eigenvalue weighted by atomic mass is 10.1. The van der Waals surface area contributed by atoms with Crippen LogP contribution in [0.15, 0.2) is 42.6 Å². The molecule has 1 aromatic heterocycles. The third-order valence-corrected chi connectivity index (χ3v) is 2.74. The Morgan fingerprint density at radius 2 is 2.00 bits per heavy atom. The van der Waals surface area contributed by atoms with Crippen molar-refractivity contribution in [3.63, 3.8) is 0 Å². The van der Waals surface area contributed by atoms with E-state index in [2.05, 4.69) is 17.1 Å². The predicted octanol–water partition coefficient (Wildman–Crippen LogP) is 2.46. The van der Waals surface area contributed by atoms with Gasteiger partial charge < -0.3 is 4.90 Å². The molecule has 0 aliphatic heterocycles. The number of pyridine rings is 1. The second-order valence-electron chi connectivity index (χ2n) is 4.15. The predicted molar refractivity (Wildman–Crippen MR) is 72.2 cm³/mol.